The van der Waals surface area contributed by atoms with Crippen LogP contribution in [0.3, 0.4) is 0 Å². The first-order valence-electron chi connectivity index (χ1n) is 9.51. The number of fused-ring (bicyclic) bond motifs is 1. The monoisotopic (exact) mass is 389 g/mol. The zero-order chi connectivity index (χ0) is 20.5. The van der Waals surface area contributed by atoms with Crippen LogP contribution in [0.4, 0.5) is 0 Å². The van der Waals surface area contributed by atoms with Crippen molar-refractivity contribution in [1.29, 1.82) is 0 Å². The Bertz CT molecular complexity index is 857. The Morgan fingerprint density at radius 3 is 2.64 bits per heavy atom. The number of rotatable bonds is 10. The molecular formula is C21H27NO6. The highest BCUT2D eigenvalue weighted by Gasteiger charge is 2.21. The third kappa shape index (κ3) is 6.20. The number of amides is 1. The van der Waals surface area contributed by atoms with Gasteiger partial charge in [0, 0.05) is 25.1 Å². The first-order valence-corrected chi connectivity index (χ1v) is 9.51. The summed E-state index contributed by atoms with van der Waals surface area (Å²) >= 11 is 0. The van der Waals surface area contributed by atoms with E-state index in [1.165, 1.54) is 11.0 Å². The molecule has 0 atom stereocenters. The number of ether oxygens (including phenoxy) is 2. The van der Waals surface area contributed by atoms with Crippen molar-refractivity contribution >= 4 is 22.8 Å². The van der Waals surface area contributed by atoms with Crippen LogP contribution in [0.1, 0.15) is 44.0 Å². The molecule has 2 aromatic rings. The highest BCUT2D eigenvalue weighted by Crippen LogP contribution is 2.14. The highest BCUT2D eigenvalue weighted by atomic mass is 16.5. The fourth-order valence-corrected chi connectivity index (χ4v) is 2.73. The molecule has 0 spiro atoms. The van der Waals surface area contributed by atoms with E-state index in [9.17, 15) is 14.4 Å². The summed E-state index contributed by atoms with van der Waals surface area (Å²) in [7, 11) is 0. The van der Waals surface area contributed by atoms with Gasteiger partial charge in [0.05, 0.1) is 19.1 Å². The van der Waals surface area contributed by atoms with E-state index in [2.05, 4.69) is 0 Å². The number of carbonyl (C=O) groups excluding carboxylic acids is 2. The summed E-state index contributed by atoms with van der Waals surface area (Å²) in [4.78, 5) is 38.5. The van der Waals surface area contributed by atoms with Crippen molar-refractivity contribution in [2.75, 3.05) is 26.3 Å². The summed E-state index contributed by atoms with van der Waals surface area (Å²) in [6, 6.07) is 8.54. The van der Waals surface area contributed by atoms with Crippen LogP contribution in [0.25, 0.3) is 11.0 Å². The molecule has 28 heavy (non-hydrogen) atoms. The minimum atomic E-state index is -0.691. The zero-order valence-corrected chi connectivity index (χ0v) is 16.6. The topological polar surface area (TPSA) is 86.0 Å². The maximum Gasteiger partial charge on any atom is 0.349 e. The lowest BCUT2D eigenvalue weighted by Crippen LogP contribution is -2.37. The summed E-state index contributed by atoms with van der Waals surface area (Å²) in [5.41, 5.74) is -0.317. The van der Waals surface area contributed by atoms with Crippen molar-refractivity contribution in [3.63, 3.8) is 0 Å². The molecule has 0 unspecified atom stereocenters. The molecule has 0 aliphatic heterocycles. The molecular weight excluding hydrogens is 362 g/mol. The third-order valence-electron chi connectivity index (χ3n) is 4.07. The van der Waals surface area contributed by atoms with Crippen molar-refractivity contribution < 1.29 is 23.5 Å². The van der Waals surface area contributed by atoms with Crippen LogP contribution < -0.4 is 5.63 Å². The van der Waals surface area contributed by atoms with Crippen LogP contribution in [-0.4, -0.2) is 49.2 Å². The standard InChI is InChI=1S/C21H27NO6/c1-4-26-19(23)10-12-22(11-7-13-27-15(2)3)20(24)17-14-16-8-5-6-9-18(16)28-21(17)25/h5-6,8-9,14-15H,4,7,10-13H2,1-3H3. The molecule has 7 nitrogen and oxygen atoms in total. The quantitative estimate of drug-likeness (QED) is 0.353. The average Bonchev–Trinajstić information content (AvgIpc) is 2.66. The Balaban J connectivity index is 2.17. The van der Waals surface area contributed by atoms with E-state index in [1.54, 1.807) is 31.2 Å². The van der Waals surface area contributed by atoms with Gasteiger partial charge in [0.15, 0.2) is 0 Å². The van der Waals surface area contributed by atoms with Gasteiger partial charge in [-0.05, 0) is 39.3 Å². The van der Waals surface area contributed by atoms with Gasteiger partial charge >= 0.3 is 11.6 Å². The molecule has 1 heterocycles. The lowest BCUT2D eigenvalue weighted by molar-refractivity contribution is -0.143. The average molecular weight is 389 g/mol. The van der Waals surface area contributed by atoms with Gasteiger partial charge in [0.1, 0.15) is 11.1 Å². The molecule has 1 aromatic carbocycles. The molecule has 0 saturated carbocycles. The number of carbonyl (C=O) groups is 2. The Morgan fingerprint density at radius 1 is 1.18 bits per heavy atom. The lowest BCUT2D eigenvalue weighted by atomic mass is 10.1. The molecule has 1 aromatic heterocycles. The zero-order valence-electron chi connectivity index (χ0n) is 16.6. The predicted octanol–water partition coefficient (Wildman–Crippen LogP) is 3.00. The summed E-state index contributed by atoms with van der Waals surface area (Å²) in [6.45, 7) is 6.87. The van der Waals surface area contributed by atoms with Crippen molar-refractivity contribution in [2.45, 2.75) is 39.7 Å². The minimum Gasteiger partial charge on any atom is -0.466 e. The maximum atomic E-state index is 13.0. The molecule has 0 N–H and O–H groups in total. The summed E-state index contributed by atoms with van der Waals surface area (Å²) in [6.07, 6.45) is 0.742. The molecule has 0 fully saturated rings. The number of nitrogens with zero attached hydrogens (tertiary/aromatic N) is 1. The fraction of sp³-hybridized carbons (Fsp3) is 0.476. The van der Waals surface area contributed by atoms with Crippen molar-refractivity contribution in [3.8, 4) is 0 Å². The Morgan fingerprint density at radius 2 is 1.93 bits per heavy atom. The molecule has 0 aliphatic carbocycles. The molecule has 0 bridgehead atoms. The van der Waals surface area contributed by atoms with Gasteiger partial charge in [-0.1, -0.05) is 18.2 Å². The van der Waals surface area contributed by atoms with Gasteiger partial charge < -0.3 is 18.8 Å². The van der Waals surface area contributed by atoms with Gasteiger partial charge in [0.2, 0.25) is 0 Å². The van der Waals surface area contributed by atoms with Crippen LogP contribution in [0.2, 0.25) is 0 Å². The summed E-state index contributed by atoms with van der Waals surface area (Å²) in [5.74, 6) is -0.849. The molecule has 2 rings (SSSR count). The second-order valence-corrected chi connectivity index (χ2v) is 6.61. The van der Waals surface area contributed by atoms with E-state index in [0.717, 1.165) is 0 Å². The van der Waals surface area contributed by atoms with Gasteiger partial charge in [-0.15, -0.1) is 0 Å². The normalized spacial score (nSPS) is 11.0. The lowest BCUT2D eigenvalue weighted by Gasteiger charge is -2.22. The minimum absolute atomic E-state index is 0.0488. The van der Waals surface area contributed by atoms with Crippen molar-refractivity contribution in [2.24, 2.45) is 0 Å². The van der Waals surface area contributed by atoms with Gasteiger partial charge in [0.25, 0.3) is 5.91 Å². The molecule has 0 radical (unpaired) electrons. The molecule has 0 aliphatic rings. The first-order chi connectivity index (χ1) is 13.4. The fourth-order valence-electron chi connectivity index (χ4n) is 2.73. The highest BCUT2D eigenvalue weighted by molar-refractivity contribution is 5.96. The SMILES string of the molecule is CCOC(=O)CCN(CCCOC(C)C)C(=O)c1cc2ccccc2oc1=O. The molecule has 1 amide bonds. The van der Waals surface area contributed by atoms with Crippen LogP contribution >= 0.6 is 0 Å². The largest absolute Gasteiger partial charge is 0.466 e. The second kappa shape index (κ2) is 10.6. The second-order valence-electron chi connectivity index (χ2n) is 6.61. The van der Waals surface area contributed by atoms with Crippen LogP contribution in [0, 0.1) is 0 Å². The van der Waals surface area contributed by atoms with E-state index < -0.39 is 11.5 Å². The van der Waals surface area contributed by atoms with Gasteiger partial charge in [-0.2, -0.15) is 0 Å². The Hall–Kier alpha value is -2.67. The van der Waals surface area contributed by atoms with E-state index in [4.69, 9.17) is 13.9 Å². The van der Waals surface area contributed by atoms with Crippen molar-refractivity contribution in [3.05, 3.63) is 46.3 Å². The van der Waals surface area contributed by atoms with Crippen LogP contribution in [0.15, 0.2) is 39.5 Å². The van der Waals surface area contributed by atoms with E-state index in [0.29, 0.717) is 30.5 Å². The van der Waals surface area contributed by atoms with E-state index in [-0.39, 0.29) is 37.2 Å². The molecule has 152 valence electrons. The molecule has 0 saturated heterocycles. The Kier molecular flexibility index (Phi) is 8.19. The number of esters is 1. The maximum absolute atomic E-state index is 13.0. The van der Waals surface area contributed by atoms with Crippen LogP contribution in [-0.2, 0) is 14.3 Å². The van der Waals surface area contributed by atoms with Crippen LogP contribution in [0.5, 0.6) is 0 Å². The van der Waals surface area contributed by atoms with Gasteiger partial charge in [-0.25, -0.2) is 4.79 Å². The van der Waals surface area contributed by atoms with E-state index in [1.807, 2.05) is 13.8 Å². The smallest absolute Gasteiger partial charge is 0.349 e. The summed E-state index contributed by atoms with van der Waals surface area (Å²) in [5, 5.41) is 0.666. The predicted molar refractivity (Wildman–Crippen MR) is 105 cm³/mol. The number of benzene rings is 1. The third-order valence-corrected chi connectivity index (χ3v) is 4.07. The number of para-hydroxylation sites is 1. The Labute approximate surface area is 164 Å². The first kappa shape index (κ1) is 21.6. The number of hydrogen-bond donors (Lipinski definition) is 0. The number of hydrogen-bond acceptors (Lipinski definition) is 6. The van der Waals surface area contributed by atoms with Crippen molar-refractivity contribution in [1.82, 2.24) is 4.90 Å². The molecule has 7 heteroatoms. The van der Waals surface area contributed by atoms with Gasteiger partial charge in [-0.3, -0.25) is 9.59 Å². The summed E-state index contributed by atoms with van der Waals surface area (Å²) < 4.78 is 15.7. The van der Waals surface area contributed by atoms with E-state index >= 15 is 0 Å².